The van der Waals surface area contributed by atoms with E-state index in [1.54, 1.807) is 11.0 Å². The lowest BCUT2D eigenvalue weighted by molar-refractivity contribution is -0.132. The van der Waals surface area contributed by atoms with Gasteiger partial charge >= 0.3 is 0 Å². The Bertz CT molecular complexity index is 630. The van der Waals surface area contributed by atoms with Crippen molar-refractivity contribution in [3.63, 3.8) is 0 Å². The monoisotopic (exact) mass is 285 g/mol. The van der Waals surface area contributed by atoms with E-state index in [1.165, 1.54) is 0 Å². The highest BCUT2D eigenvalue weighted by atomic mass is 16.2. The summed E-state index contributed by atoms with van der Waals surface area (Å²) in [7, 11) is 0. The summed E-state index contributed by atoms with van der Waals surface area (Å²) < 4.78 is 1.60. The molecular weight excluding hydrogens is 266 g/mol. The Kier molecular flexibility index (Phi) is 3.60. The number of carbonyl (C=O) groups excluding carboxylic acids is 1. The van der Waals surface area contributed by atoms with Gasteiger partial charge < -0.3 is 10.6 Å². The molecule has 0 aliphatic heterocycles. The maximum absolute atomic E-state index is 12.2. The van der Waals surface area contributed by atoms with Crippen molar-refractivity contribution in [2.75, 3.05) is 12.3 Å². The van der Waals surface area contributed by atoms with Crippen LogP contribution in [0.25, 0.3) is 11.4 Å². The first-order chi connectivity index (χ1) is 10.2. The van der Waals surface area contributed by atoms with Crippen LogP contribution in [-0.2, 0) is 11.3 Å². The number of hydrogen-bond donors (Lipinski definition) is 1. The third-order valence-electron chi connectivity index (χ3n) is 3.65. The molecule has 6 heteroatoms. The molecule has 1 fully saturated rings. The summed E-state index contributed by atoms with van der Waals surface area (Å²) >= 11 is 0. The summed E-state index contributed by atoms with van der Waals surface area (Å²) in [6.45, 7) is 3.01. The molecule has 21 heavy (non-hydrogen) atoms. The van der Waals surface area contributed by atoms with Gasteiger partial charge in [-0.1, -0.05) is 0 Å². The van der Waals surface area contributed by atoms with Gasteiger partial charge in [0.05, 0.1) is 0 Å². The minimum absolute atomic E-state index is 0.105. The van der Waals surface area contributed by atoms with E-state index in [2.05, 4.69) is 10.1 Å². The highest BCUT2D eigenvalue weighted by molar-refractivity contribution is 5.76. The average molecular weight is 285 g/mol. The van der Waals surface area contributed by atoms with Crippen LogP contribution in [0.2, 0.25) is 0 Å². The summed E-state index contributed by atoms with van der Waals surface area (Å²) in [4.78, 5) is 18.4. The van der Waals surface area contributed by atoms with E-state index >= 15 is 0 Å². The van der Waals surface area contributed by atoms with Crippen molar-refractivity contribution >= 4 is 11.6 Å². The largest absolute Gasteiger partial charge is 0.399 e. The topological polar surface area (TPSA) is 77.0 Å². The molecule has 0 bridgehead atoms. The zero-order valence-corrected chi connectivity index (χ0v) is 12.1. The summed E-state index contributed by atoms with van der Waals surface area (Å²) in [6, 6.07) is 7.81. The van der Waals surface area contributed by atoms with E-state index in [9.17, 15) is 4.79 Å². The van der Waals surface area contributed by atoms with Crippen molar-refractivity contribution in [2.45, 2.75) is 32.4 Å². The van der Waals surface area contributed by atoms with Crippen molar-refractivity contribution in [3.8, 4) is 11.4 Å². The fraction of sp³-hybridized carbons (Fsp3) is 0.400. The van der Waals surface area contributed by atoms with Gasteiger partial charge in [-0.2, -0.15) is 5.10 Å². The standard InChI is InChI=1S/C15H19N5O/c1-2-20(13-7-8-13)14(21)9-19-10-17-15(18-19)11-3-5-12(16)6-4-11/h3-6,10,13H,2,7-9,16H2,1H3. The number of nitrogen functional groups attached to an aromatic ring is 1. The first kappa shape index (κ1) is 13.6. The van der Waals surface area contributed by atoms with E-state index in [0.717, 1.165) is 24.9 Å². The molecule has 0 unspecified atom stereocenters. The molecule has 1 aliphatic carbocycles. The van der Waals surface area contributed by atoms with E-state index in [4.69, 9.17) is 5.73 Å². The van der Waals surface area contributed by atoms with Gasteiger partial charge in [0.15, 0.2) is 5.82 Å². The molecule has 2 aromatic rings. The Labute approximate surface area is 123 Å². The Morgan fingerprint density at radius 1 is 1.38 bits per heavy atom. The molecule has 1 amide bonds. The number of rotatable bonds is 5. The van der Waals surface area contributed by atoms with Crippen molar-refractivity contribution in [1.82, 2.24) is 19.7 Å². The third kappa shape index (κ3) is 3.04. The van der Waals surface area contributed by atoms with Crippen molar-refractivity contribution in [3.05, 3.63) is 30.6 Å². The van der Waals surface area contributed by atoms with Gasteiger partial charge in [0, 0.05) is 23.8 Å². The van der Waals surface area contributed by atoms with Crippen molar-refractivity contribution in [1.29, 1.82) is 0 Å². The molecule has 0 spiro atoms. The van der Waals surface area contributed by atoms with Crippen LogP contribution in [-0.4, -0.2) is 38.2 Å². The molecule has 0 radical (unpaired) electrons. The van der Waals surface area contributed by atoms with Crippen LogP contribution in [0.5, 0.6) is 0 Å². The Hall–Kier alpha value is -2.37. The number of amides is 1. The number of aromatic nitrogens is 3. The summed E-state index contributed by atoms with van der Waals surface area (Å²) in [5.74, 6) is 0.714. The normalized spacial score (nSPS) is 14.1. The van der Waals surface area contributed by atoms with Crippen LogP contribution < -0.4 is 5.73 Å². The van der Waals surface area contributed by atoms with E-state index in [-0.39, 0.29) is 12.5 Å². The smallest absolute Gasteiger partial charge is 0.244 e. The molecule has 0 atom stereocenters. The quantitative estimate of drug-likeness (QED) is 0.845. The molecule has 1 saturated carbocycles. The Morgan fingerprint density at radius 3 is 2.71 bits per heavy atom. The zero-order valence-electron chi connectivity index (χ0n) is 12.1. The fourth-order valence-corrected chi connectivity index (χ4v) is 2.39. The number of nitrogens with two attached hydrogens (primary N) is 1. The van der Waals surface area contributed by atoms with Crippen LogP contribution >= 0.6 is 0 Å². The summed E-state index contributed by atoms with van der Waals surface area (Å²) in [5, 5.41) is 4.36. The van der Waals surface area contributed by atoms with Gasteiger partial charge in [-0.15, -0.1) is 0 Å². The minimum Gasteiger partial charge on any atom is -0.399 e. The Balaban J connectivity index is 1.70. The van der Waals surface area contributed by atoms with E-state index in [0.29, 0.717) is 17.6 Å². The maximum atomic E-state index is 12.2. The average Bonchev–Trinajstić information content (AvgIpc) is 3.20. The van der Waals surface area contributed by atoms with E-state index < -0.39 is 0 Å². The Morgan fingerprint density at radius 2 is 2.10 bits per heavy atom. The molecule has 110 valence electrons. The second-order valence-corrected chi connectivity index (χ2v) is 5.30. The molecule has 0 saturated heterocycles. The van der Waals surface area contributed by atoms with Gasteiger partial charge in [-0.25, -0.2) is 9.67 Å². The first-order valence-corrected chi connectivity index (χ1v) is 7.22. The summed E-state index contributed by atoms with van der Waals surface area (Å²) in [5.41, 5.74) is 7.26. The number of benzene rings is 1. The fourth-order valence-electron chi connectivity index (χ4n) is 2.39. The lowest BCUT2D eigenvalue weighted by atomic mass is 10.2. The molecule has 1 aromatic carbocycles. The van der Waals surface area contributed by atoms with Crippen LogP contribution in [0.4, 0.5) is 5.69 Å². The SMILES string of the molecule is CCN(C(=O)Cn1cnc(-c2ccc(N)cc2)n1)C1CC1. The van der Waals surface area contributed by atoms with Gasteiger partial charge in [-0.3, -0.25) is 4.79 Å². The van der Waals surface area contributed by atoms with Crippen molar-refractivity contribution < 1.29 is 4.79 Å². The van der Waals surface area contributed by atoms with Gasteiger partial charge in [0.1, 0.15) is 12.9 Å². The highest BCUT2D eigenvalue weighted by Crippen LogP contribution is 2.26. The first-order valence-electron chi connectivity index (χ1n) is 7.22. The number of hydrogen-bond acceptors (Lipinski definition) is 4. The molecule has 1 aromatic heterocycles. The molecule has 1 aliphatic rings. The number of anilines is 1. The maximum Gasteiger partial charge on any atom is 0.244 e. The van der Waals surface area contributed by atoms with Gasteiger partial charge in [0.2, 0.25) is 5.91 Å². The van der Waals surface area contributed by atoms with E-state index in [1.807, 2.05) is 36.1 Å². The molecule has 3 rings (SSSR count). The molecular formula is C15H19N5O. The zero-order chi connectivity index (χ0) is 14.8. The predicted octanol–water partition coefficient (Wildman–Crippen LogP) is 1.54. The van der Waals surface area contributed by atoms with Crippen LogP contribution in [0.15, 0.2) is 30.6 Å². The predicted molar refractivity (Wildman–Crippen MR) is 80.3 cm³/mol. The number of likely N-dealkylation sites (N-methyl/N-ethyl adjacent to an activating group) is 1. The second kappa shape index (κ2) is 5.55. The van der Waals surface area contributed by atoms with Gasteiger partial charge in [-0.05, 0) is 44.0 Å². The minimum atomic E-state index is 0.105. The molecule has 2 N–H and O–H groups in total. The van der Waals surface area contributed by atoms with Gasteiger partial charge in [0.25, 0.3) is 0 Å². The van der Waals surface area contributed by atoms with Crippen LogP contribution in [0, 0.1) is 0 Å². The summed E-state index contributed by atoms with van der Waals surface area (Å²) in [6.07, 6.45) is 3.84. The van der Waals surface area contributed by atoms with Crippen molar-refractivity contribution in [2.24, 2.45) is 0 Å². The highest BCUT2D eigenvalue weighted by Gasteiger charge is 2.31. The lowest BCUT2D eigenvalue weighted by Crippen LogP contribution is -2.35. The number of carbonyl (C=O) groups is 1. The second-order valence-electron chi connectivity index (χ2n) is 5.30. The molecule has 1 heterocycles. The lowest BCUT2D eigenvalue weighted by Gasteiger charge is -2.19. The van der Waals surface area contributed by atoms with Crippen LogP contribution in [0.1, 0.15) is 19.8 Å². The van der Waals surface area contributed by atoms with Crippen LogP contribution in [0.3, 0.4) is 0 Å². The molecule has 6 nitrogen and oxygen atoms in total. The third-order valence-corrected chi connectivity index (χ3v) is 3.65. The number of nitrogens with zero attached hydrogens (tertiary/aromatic N) is 4.